The van der Waals surface area contributed by atoms with Crippen LogP contribution in [0.5, 0.6) is 0 Å². The van der Waals surface area contributed by atoms with Crippen LogP contribution in [0, 0.1) is 17.1 Å². The van der Waals surface area contributed by atoms with Crippen molar-refractivity contribution < 1.29 is 4.39 Å². The molecule has 3 heterocycles. The fourth-order valence-corrected chi connectivity index (χ4v) is 3.71. The molecule has 1 fully saturated rings. The number of imidazole rings is 1. The molecule has 4 aromatic rings. The Morgan fingerprint density at radius 3 is 2.86 bits per heavy atom. The minimum atomic E-state index is -0.590. The molecule has 29 heavy (non-hydrogen) atoms. The Balaban J connectivity index is 1.58. The Kier molecular flexibility index (Phi) is 3.67. The molecule has 0 radical (unpaired) electrons. The van der Waals surface area contributed by atoms with Crippen molar-refractivity contribution >= 4 is 5.65 Å². The molecule has 0 aliphatic heterocycles. The summed E-state index contributed by atoms with van der Waals surface area (Å²) in [6.45, 7) is 0. The molecule has 0 spiro atoms. The van der Waals surface area contributed by atoms with Gasteiger partial charge in [0.2, 0.25) is 0 Å². The lowest BCUT2D eigenvalue weighted by Crippen LogP contribution is -2.23. The third-order valence-corrected chi connectivity index (χ3v) is 5.21. The number of rotatable bonds is 3. The SMILES string of the molecule is N#Cc1ccc([C@H]2C[C@@H]2c2cc(-c3c[nH]c(=O)[nH]c3=O)nn3ccnc23)cc1F. The highest BCUT2D eigenvalue weighted by Crippen LogP contribution is 2.55. The number of halogens is 1. The molecule has 1 aliphatic carbocycles. The van der Waals surface area contributed by atoms with Gasteiger partial charge in [-0.15, -0.1) is 0 Å². The van der Waals surface area contributed by atoms with Crippen molar-refractivity contribution in [1.82, 2.24) is 24.6 Å². The van der Waals surface area contributed by atoms with E-state index in [1.54, 1.807) is 29.0 Å². The Morgan fingerprint density at radius 2 is 2.10 bits per heavy atom. The van der Waals surface area contributed by atoms with Gasteiger partial charge in [-0.2, -0.15) is 10.4 Å². The van der Waals surface area contributed by atoms with E-state index < -0.39 is 17.1 Å². The quantitative estimate of drug-likeness (QED) is 0.557. The third kappa shape index (κ3) is 2.82. The van der Waals surface area contributed by atoms with Gasteiger partial charge in [0.1, 0.15) is 11.9 Å². The average Bonchev–Trinajstić information content (AvgIpc) is 3.36. The lowest BCUT2D eigenvalue weighted by Gasteiger charge is -2.07. The van der Waals surface area contributed by atoms with Crippen molar-refractivity contribution in [2.75, 3.05) is 0 Å². The summed E-state index contributed by atoms with van der Waals surface area (Å²) in [6.07, 6.45) is 5.42. The molecule has 1 saturated carbocycles. The van der Waals surface area contributed by atoms with Gasteiger partial charge in [-0.25, -0.2) is 18.7 Å². The number of hydrogen-bond acceptors (Lipinski definition) is 5. The lowest BCUT2D eigenvalue weighted by molar-refractivity contribution is 0.621. The second-order valence-electron chi connectivity index (χ2n) is 6.97. The molecule has 142 valence electrons. The van der Waals surface area contributed by atoms with Gasteiger partial charge >= 0.3 is 5.69 Å². The van der Waals surface area contributed by atoms with Crippen molar-refractivity contribution in [2.45, 2.75) is 18.3 Å². The van der Waals surface area contributed by atoms with Crippen molar-refractivity contribution in [3.63, 3.8) is 0 Å². The molecule has 9 heteroatoms. The molecular weight excluding hydrogens is 375 g/mol. The number of nitrogens with zero attached hydrogens (tertiary/aromatic N) is 4. The van der Waals surface area contributed by atoms with E-state index in [0.29, 0.717) is 11.3 Å². The summed E-state index contributed by atoms with van der Waals surface area (Å²) < 4.78 is 15.6. The summed E-state index contributed by atoms with van der Waals surface area (Å²) in [5.41, 5.74) is 1.90. The van der Waals surface area contributed by atoms with Gasteiger partial charge in [-0.3, -0.25) is 9.78 Å². The predicted molar refractivity (Wildman–Crippen MR) is 101 cm³/mol. The minimum absolute atomic E-state index is 0.0186. The molecule has 1 aromatic carbocycles. The molecule has 1 aliphatic rings. The summed E-state index contributed by atoms with van der Waals surface area (Å²) in [4.78, 5) is 32.5. The smallest absolute Gasteiger partial charge is 0.313 e. The molecule has 0 saturated heterocycles. The van der Waals surface area contributed by atoms with Gasteiger partial charge in [0, 0.05) is 24.2 Å². The number of nitrogens with one attached hydrogen (secondary N) is 2. The van der Waals surface area contributed by atoms with Crippen LogP contribution >= 0.6 is 0 Å². The van der Waals surface area contributed by atoms with Crippen LogP contribution < -0.4 is 11.2 Å². The maximum absolute atomic E-state index is 14.0. The molecule has 0 amide bonds. The highest BCUT2D eigenvalue weighted by Gasteiger charge is 2.41. The van der Waals surface area contributed by atoms with Crippen LogP contribution in [0.4, 0.5) is 4.39 Å². The number of fused-ring (bicyclic) bond motifs is 1. The summed E-state index contributed by atoms with van der Waals surface area (Å²) in [5, 5.41) is 13.3. The molecule has 0 bridgehead atoms. The van der Waals surface area contributed by atoms with Crippen molar-refractivity contribution in [3.8, 4) is 17.3 Å². The molecule has 3 aromatic heterocycles. The van der Waals surface area contributed by atoms with Crippen LogP contribution in [0.3, 0.4) is 0 Å². The summed E-state index contributed by atoms with van der Waals surface area (Å²) in [6, 6.07) is 8.27. The molecular formula is C20H13FN6O2. The van der Waals surface area contributed by atoms with Gasteiger partial charge in [-0.05, 0) is 42.0 Å². The van der Waals surface area contributed by atoms with Crippen LogP contribution in [0.2, 0.25) is 0 Å². The highest BCUT2D eigenvalue weighted by molar-refractivity contribution is 5.63. The Hall–Kier alpha value is -4.06. The van der Waals surface area contributed by atoms with Crippen LogP contribution in [-0.2, 0) is 0 Å². The van der Waals surface area contributed by atoms with E-state index in [0.717, 1.165) is 17.5 Å². The number of nitriles is 1. The lowest BCUT2D eigenvalue weighted by atomic mass is 10.0. The fourth-order valence-electron chi connectivity index (χ4n) is 3.71. The first-order valence-corrected chi connectivity index (χ1v) is 8.91. The molecule has 2 atom stereocenters. The second-order valence-corrected chi connectivity index (χ2v) is 6.97. The number of aromatic amines is 2. The van der Waals surface area contributed by atoms with E-state index in [1.807, 2.05) is 6.07 Å². The van der Waals surface area contributed by atoms with Crippen LogP contribution in [0.15, 0.2) is 52.4 Å². The van der Waals surface area contributed by atoms with E-state index in [1.165, 1.54) is 18.3 Å². The number of aromatic nitrogens is 5. The van der Waals surface area contributed by atoms with Crippen LogP contribution in [0.25, 0.3) is 16.9 Å². The Bertz CT molecular complexity index is 1430. The fraction of sp³-hybridized carbons (Fsp3) is 0.150. The minimum Gasteiger partial charge on any atom is -0.313 e. The standard InChI is InChI=1S/C20H13FN6O2/c21-16-5-10(1-2-11(16)8-22)12-6-13(12)14-7-17(26-27-4-3-23-18(14)27)15-9-24-20(29)25-19(15)28/h1-5,7,9,12-13H,6H2,(H2,24,25,28,29)/t12-,13+/m1/s1. The summed E-state index contributed by atoms with van der Waals surface area (Å²) >= 11 is 0. The number of hydrogen-bond donors (Lipinski definition) is 2. The van der Waals surface area contributed by atoms with E-state index in [4.69, 9.17) is 5.26 Å². The number of H-pyrrole nitrogens is 2. The van der Waals surface area contributed by atoms with Gasteiger partial charge in [0.05, 0.1) is 16.8 Å². The van der Waals surface area contributed by atoms with Crippen LogP contribution in [-0.4, -0.2) is 24.6 Å². The van der Waals surface area contributed by atoms with Crippen molar-refractivity contribution in [3.05, 3.63) is 86.2 Å². The summed E-state index contributed by atoms with van der Waals surface area (Å²) in [7, 11) is 0. The maximum atomic E-state index is 14.0. The summed E-state index contributed by atoms with van der Waals surface area (Å²) in [5.74, 6) is -0.366. The van der Waals surface area contributed by atoms with Crippen molar-refractivity contribution in [1.29, 1.82) is 5.26 Å². The monoisotopic (exact) mass is 388 g/mol. The zero-order valence-corrected chi connectivity index (χ0v) is 14.9. The first-order valence-electron chi connectivity index (χ1n) is 8.91. The first-order chi connectivity index (χ1) is 14.0. The zero-order chi connectivity index (χ0) is 20.1. The molecule has 8 nitrogen and oxygen atoms in total. The predicted octanol–water partition coefficient (Wildman–Crippen LogP) is 2.05. The molecule has 5 rings (SSSR count). The highest BCUT2D eigenvalue weighted by atomic mass is 19.1. The van der Waals surface area contributed by atoms with E-state index in [-0.39, 0.29) is 23.0 Å². The van der Waals surface area contributed by atoms with Crippen LogP contribution in [0.1, 0.15) is 34.9 Å². The van der Waals surface area contributed by atoms with Gasteiger partial charge in [0.15, 0.2) is 5.65 Å². The largest absolute Gasteiger partial charge is 0.325 e. The molecule has 2 N–H and O–H groups in total. The van der Waals surface area contributed by atoms with E-state index >= 15 is 0 Å². The maximum Gasteiger partial charge on any atom is 0.325 e. The average molecular weight is 388 g/mol. The van der Waals surface area contributed by atoms with Crippen molar-refractivity contribution in [2.24, 2.45) is 0 Å². The number of benzene rings is 1. The van der Waals surface area contributed by atoms with E-state index in [2.05, 4.69) is 20.1 Å². The second kappa shape index (κ2) is 6.24. The normalized spacial score (nSPS) is 17.9. The molecule has 0 unspecified atom stereocenters. The Labute approximate surface area is 162 Å². The first kappa shape index (κ1) is 17.1. The zero-order valence-electron chi connectivity index (χ0n) is 14.9. The van der Waals surface area contributed by atoms with Gasteiger partial charge < -0.3 is 4.98 Å². The Morgan fingerprint density at radius 1 is 1.24 bits per heavy atom. The topological polar surface area (TPSA) is 120 Å². The van der Waals surface area contributed by atoms with Gasteiger partial charge in [-0.1, -0.05) is 6.07 Å². The van der Waals surface area contributed by atoms with Gasteiger partial charge in [0.25, 0.3) is 5.56 Å². The third-order valence-electron chi connectivity index (χ3n) is 5.21. The van der Waals surface area contributed by atoms with E-state index in [9.17, 15) is 14.0 Å².